The second-order valence-corrected chi connectivity index (χ2v) is 8.86. The fourth-order valence-corrected chi connectivity index (χ4v) is 3.55. The number of carbonyl (C=O) groups excluding carboxylic acids is 2. The first-order valence-corrected chi connectivity index (χ1v) is 10.6. The minimum atomic E-state index is -3.75. The third-order valence-corrected chi connectivity index (χ3v) is 5.68. The van der Waals surface area contributed by atoms with Gasteiger partial charge >= 0.3 is 0 Å². The first-order valence-electron chi connectivity index (χ1n) is 8.04. The van der Waals surface area contributed by atoms with E-state index < -0.39 is 22.5 Å². The fourth-order valence-electron chi connectivity index (χ4n) is 2.35. The number of nitrogens with zero attached hydrogens (tertiary/aromatic N) is 2. The standard InChI is InChI=1S/C18H19Cl2N3O4S/c1-22(2)18(25)12-7-9-13(10-8-12)23(28(3,26)27)11-16(24)21-15-6-4-5-14(19)17(15)20/h4-10H,11H2,1-3H3,(H,21,24). The number of nitrogens with one attached hydrogen (secondary N) is 1. The van der Waals surface area contributed by atoms with Gasteiger partial charge in [0.2, 0.25) is 15.9 Å². The summed E-state index contributed by atoms with van der Waals surface area (Å²) in [4.78, 5) is 25.8. The molecule has 0 fully saturated rings. The lowest BCUT2D eigenvalue weighted by atomic mass is 10.2. The second-order valence-electron chi connectivity index (χ2n) is 6.17. The van der Waals surface area contributed by atoms with Gasteiger partial charge in [-0.25, -0.2) is 8.42 Å². The molecule has 0 radical (unpaired) electrons. The summed E-state index contributed by atoms with van der Waals surface area (Å²) in [6.07, 6.45) is 0.992. The maximum absolute atomic E-state index is 12.4. The number of hydrogen-bond donors (Lipinski definition) is 1. The molecule has 0 aliphatic carbocycles. The maximum atomic E-state index is 12.4. The van der Waals surface area contributed by atoms with Crippen LogP contribution in [-0.2, 0) is 14.8 Å². The van der Waals surface area contributed by atoms with Crippen LogP contribution >= 0.6 is 23.2 Å². The highest BCUT2D eigenvalue weighted by atomic mass is 35.5. The summed E-state index contributed by atoms with van der Waals surface area (Å²) in [6, 6.07) is 10.7. The van der Waals surface area contributed by atoms with Gasteiger partial charge in [-0.3, -0.25) is 13.9 Å². The molecule has 2 aromatic carbocycles. The van der Waals surface area contributed by atoms with Crippen molar-refractivity contribution in [3.05, 3.63) is 58.1 Å². The number of amides is 2. The topological polar surface area (TPSA) is 86.8 Å². The molecule has 2 amide bonds. The zero-order chi connectivity index (χ0) is 21.1. The third kappa shape index (κ3) is 5.37. The van der Waals surface area contributed by atoms with Crippen LogP contribution < -0.4 is 9.62 Å². The Balaban J connectivity index is 2.24. The Labute approximate surface area is 173 Å². The van der Waals surface area contributed by atoms with Crippen LogP contribution in [0.4, 0.5) is 11.4 Å². The van der Waals surface area contributed by atoms with Gasteiger partial charge in [-0.15, -0.1) is 0 Å². The summed E-state index contributed by atoms with van der Waals surface area (Å²) < 4.78 is 25.3. The normalized spacial score (nSPS) is 11.0. The van der Waals surface area contributed by atoms with Crippen molar-refractivity contribution in [2.75, 3.05) is 36.5 Å². The van der Waals surface area contributed by atoms with Gasteiger partial charge in [-0.05, 0) is 36.4 Å². The largest absolute Gasteiger partial charge is 0.345 e. The van der Waals surface area contributed by atoms with E-state index in [1.165, 1.54) is 29.2 Å². The van der Waals surface area contributed by atoms with Gasteiger partial charge in [0.05, 0.1) is 27.7 Å². The van der Waals surface area contributed by atoms with Crippen LogP contribution in [0.1, 0.15) is 10.4 Å². The summed E-state index contributed by atoms with van der Waals surface area (Å²) >= 11 is 12.0. The van der Waals surface area contributed by atoms with Gasteiger partial charge < -0.3 is 10.2 Å². The molecular formula is C18H19Cl2N3O4S. The summed E-state index contributed by atoms with van der Waals surface area (Å²) in [5.41, 5.74) is 0.932. The number of rotatable bonds is 6. The molecule has 0 saturated carbocycles. The van der Waals surface area contributed by atoms with Gasteiger partial charge in [0.1, 0.15) is 6.54 Å². The molecule has 1 N–H and O–H groups in total. The Morgan fingerprint density at radius 2 is 1.64 bits per heavy atom. The molecule has 0 bridgehead atoms. The second kappa shape index (κ2) is 8.81. The monoisotopic (exact) mass is 443 g/mol. The van der Waals surface area contributed by atoms with Gasteiger partial charge in [-0.2, -0.15) is 0 Å². The van der Waals surface area contributed by atoms with E-state index >= 15 is 0 Å². The lowest BCUT2D eigenvalue weighted by Gasteiger charge is -2.22. The van der Waals surface area contributed by atoms with Gasteiger partial charge in [0, 0.05) is 19.7 Å². The minimum absolute atomic E-state index is 0.162. The predicted octanol–water partition coefficient (Wildman–Crippen LogP) is 3.10. The first-order chi connectivity index (χ1) is 13.0. The minimum Gasteiger partial charge on any atom is -0.345 e. The summed E-state index contributed by atoms with van der Waals surface area (Å²) in [7, 11) is -0.524. The number of halogens is 2. The zero-order valence-electron chi connectivity index (χ0n) is 15.4. The molecule has 0 saturated heterocycles. The quantitative estimate of drug-likeness (QED) is 0.742. The Morgan fingerprint density at radius 3 is 2.18 bits per heavy atom. The lowest BCUT2D eigenvalue weighted by molar-refractivity contribution is -0.114. The molecular weight excluding hydrogens is 425 g/mol. The molecule has 2 aromatic rings. The van der Waals surface area contributed by atoms with Gasteiger partial charge in [0.25, 0.3) is 5.91 Å². The lowest BCUT2D eigenvalue weighted by Crippen LogP contribution is -2.37. The highest BCUT2D eigenvalue weighted by molar-refractivity contribution is 7.92. The molecule has 0 spiro atoms. The maximum Gasteiger partial charge on any atom is 0.253 e. The molecule has 0 heterocycles. The van der Waals surface area contributed by atoms with Gasteiger partial charge in [-0.1, -0.05) is 29.3 Å². The molecule has 0 aliphatic heterocycles. The van der Waals surface area contributed by atoms with Crippen molar-refractivity contribution in [3.63, 3.8) is 0 Å². The Morgan fingerprint density at radius 1 is 1.04 bits per heavy atom. The van der Waals surface area contributed by atoms with Gasteiger partial charge in [0.15, 0.2) is 0 Å². The van der Waals surface area contributed by atoms with E-state index in [0.717, 1.165) is 10.6 Å². The average Bonchev–Trinajstić information content (AvgIpc) is 2.62. The van der Waals surface area contributed by atoms with Crippen molar-refractivity contribution in [1.29, 1.82) is 0 Å². The fraction of sp³-hybridized carbons (Fsp3) is 0.222. The summed E-state index contributed by atoms with van der Waals surface area (Å²) in [6.45, 7) is -0.470. The Bertz CT molecular complexity index is 992. The molecule has 2 rings (SSSR count). The van der Waals surface area contributed by atoms with Crippen molar-refractivity contribution in [3.8, 4) is 0 Å². The first kappa shape index (κ1) is 22.0. The SMILES string of the molecule is CN(C)C(=O)c1ccc(N(CC(=O)Nc2cccc(Cl)c2Cl)S(C)(=O)=O)cc1. The van der Waals surface area contributed by atoms with E-state index in [0.29, 0.717) is 5.56 Å². The number of benzene rings is 2. The van der Waals surface area contributed by atoms with Crippen molar-refractivity contribution in [2.24, 2.45) is 0 Å². The van der Waals surface area contributed by atoms with E-state index in [1.807, 2.05) is 0 Å². The highest BCUT2D eigenvalue weighted by Gasteiger charge is 2.22. The molecule has 150 valence electrons. The van der Waals surface area contributed by atoms with Crippen molar-refractivity contribution in [2.45, 2.75) is 0 Å². The van der Waals surface area contributed by atoms with E-state index in [1.54, 1.807) is 32.3 Å². The smallest absolute Gasteiger partial charge is 0.253 e. The number of carbonyl (C=O) groups is 2. The zero-order valence-corrected chi connectivity index (χ0v) is 17.8. The number of sulfonamides is 1. The molecule has 0 unspecified atom stereocenters. The number of hydrogen-bond acceptors (Lipinski definition) is 4. The van der Waals surface area contributed by atoms with Crippen molar-refractivity contribution in [1.82, 2.24) is 4.90 Å². The van der Waals surface area contributed by atoms with Crippen molar-refractivity contribution >= 4 is 56.4 Å². The van der Waals surface area contributed by atoms with Crippen LogP contribution in [0.25, 0.3) is 0 Å². The summed E-state index contributed by atoms with van der Waals surface area (Å²) in [5, 5.41) is 2.97. The number of anilines is 2. The van der Waals surface area contributed by atoms with Crippen LogP contribution in [0.2, 0.25) is 10.0 Å². The average molecular weight is 444 g/mol. The van der Waals surface area contributed by atoms with E-state index in [2.05, 4.69) is 5.32 Å². The molecule has 0 aliphatic rings. The summed E-state index contributed by atoms with van der Waals surface area (Å²) in [5.74, 6) is -0.811. The molecule has 7 nitrogen and oxygen atoms in total. The molecule has 0 atom stereocenters. The van der Waals surface area contributed by atoms with E-state index in [-0.39, 0.29) is 27.3 Å². The van der Waals surface area contributed by atoms with E-state index in [4.69, 9.17) is 23.2 Å². The van der Waals surface area contributed by atoms with Crippen LogP contribution in [0, 0.1) is 0 Å². The Kier molecular flexibility index (Phi) is 6.92. The molecule has 0 aromatic heterocycles. The van der Waals surface area contributed by atoms with E-state index in [9.17, 15) is 18.0 Å². The predicted molar refractivity (Wildman–Crippen MR) is 112 cm³/mol. The molecule has 28 heavy (non-hydrogen) atoms. The van der Waals surface area contributed by atoms with Crippen LogP contribution in [0.5, 0.6) is 0 Å². The third-order valence-electron chi connectivity index (χ3n) is 3.72. The molecule has 10 heteroatoms. The van der Waals surface area contributed by atoms with Crippen LogP contribution in [0.15, 0.2) is 42.5 Å². The van der Waals surface area contributed by atoms with Crippen LogP contribution in [0.3, 0.4) is 0 Å². The van der Waals surface area contributed by atoms with Crippen molar-refractivity contribution < 1.29 is 18.0 Å². The highest BCUT2D eigenvalue weighted by Crippen LogP contribution is 2.29. The Hall–Kier alpha value is -2.29. The van der Waals surface area contributed by atoms with Crippen LogP contribution in [-0.4, -0.2) is 52.0 Å².